The Bertz CT molecular complexity index is 982. The summed E-state index contributed by atoms with van der Waals surface area (Å²) in [5.41, 5.74) is 2.90. The lowest BCUT2D eigenvalue weighted by Gasteiger charge is -2.23. The molecule has 30 heavy (non-hydrogen) atoms. The monoisotopic (exact) mass is 406 g/mol. The lowest BCUT2D eigenvalue weighted by molar-refractivity contribution is 0.0513. The summed E-state index contributed by atoms with van der Waals surface area (Å²) in [4.78, 5) is 50.6. The van der Waals surface area contributed by atoms with Crippen molar-refractivity contribution in [3.63, 3.8) is 0 Å². The van der Waals surface area contributed by atoms with Gasteiger partial charge in [-0.3, -0.25) is 9.59 Å². The van der Waals surface area contributed by atoms with Crippen LogP contribution < -0.4 is 0 Å². The van der Waals surface area contributed by atoms with Crippen molar-refractivity contribution in [2.75, 3.05) is 13.2 Å². The molecule has 0 amide bonds. The van der Waals surface area contributed by atoms with Crippen molar-refractivity contribution in [1.82, 2.24) is 0 Å². The third-order valence-corrected chi connectivity index (χ3v) is 5.84. The number of carbonyl (C=O) groups is 4. The Morgan fingerprint density at radius 3 is 1.53 bits per heavy atom. The minimum Gasteiger partial charge on any atom is -0.462 e. The molecule has 154 valence electrons. The first kappa shape index (κ1) is 20.0. The molecule has 2 aliphatic rings. The van der Waals surface area contributed by atoms with Gasteiger partial charge in [0.15, 0.2) is 11.6 Å². The van der Waals surface area contributed by atoms with Crippen molar-refractivity contribution in [1.29, 1.82) is 0 Å². The second-order valence-corrected chi connectivity index (χ2v) is 7.44. The van der Waals surface area contributed by atoms with E-state index in [1.807, 2.05) is 0 Å². The molecule has 6 nitrogen and oxygen atoms in total. The molecule has 2 aromatic rings. The number of esters is 2. The van der Waals surface area contributed by atoms with Crippen molar-refractivity contribution in [3.8, 4) is 0 Å². The van der Waals surface area contributed by atoms with E-state index in [4.69, 9.17) is 9.47 Å². The minimum absolute atomic E-state index is 0.0735. The molecule has 0 heterocycles. The number of Topliss-reactive ketones (excluding diaryl/α,β-unsaturated/α-hetero) is 2. The molecule has 0 unspecified atom stereocenters. The highest BCUT2D eigenvalue weighted by Crippen LogP contribution is 2.51. The third kappa shape index (κ3) is 3.12. The van der Waals surface area contributed by atoms with Crippen molar-refractivity contribution < 1.29 is 28.7 Å². The Kier molecular flexibility index (Phi) is 5.24. The standard InChI is InChI=1S/C24H22O6/c1-3-29-23(27)15-9-5-7-13-19(25)11-17(21(13)15)18-12-20(26)14-8-6-10-16(22(14)18)24(28)30-4-2/h5-10,17-18H,3-4,11-12H2,1-2H3/t17-,18-/m0/s1. The third-order valence-electron chi connectivity index (χ3n) is 5.84. The summed E-state index contributed by atoms with van der Waals surface area (Å²) in [5.74, 6) is -1.89. The van der Waals surface area contributed by atoms with E-state index >= 15 is 0 Å². The van der Waals surface area contributed by atoms with Gasteiger partial charge in [-0.15, -0.1) is 0 Å². The summed E-state index contributed by atoms with van der Waals surface area (Å²) in [6.07, 6.45) is 0.362. The Morgan fingerprint density at radius 2 is 1.17 bits per heavy atom. The van der Waals surface area contributed by atoms with Gasteiger partial charge in [-0.25, -0.2) is 9.59 Å². The normalized spacial score (nSPS) is 19.4. The second-order valence-electron chi connectivity index (χ2n) is 7.44. The van der Waals surface area contributed by atoms with Gasteiger partial charge in [-0.05, 0) is 37.1 Å². The molecule has 2 atom stereocenters. The Morgan fingerprint density at radius 1 is 0.767 bits per heavy atom. The predicted molar refractivity (Wildman–Crippen MR) is 108 cm³/mol. The van der Waals surface area contributed by atoms with Crippen LogP contribution in [0.5, 0.6) is 0 Å². The molecule has 0 bridgehead atoms. The number of carbonyl (C=O) groups excluding carboxylic acids is 4. The van der Waals surface area contributed by atoms with Crippen molar-refractivity contribution >= 4 is 23.5 Å². The highest BCUT2D eigenvalue weighted by atomic mass is 16.5. The van der Waals surface area contributed by atoms with Crippen LogP contribution >= 0.6 is 0 Å². The lowest BCUT2D eigenvalue weighted by Crippen LogP contribution is -2.16. The molecule has 0 spiro atoms. The van der Waals surface area contributed by atoms with E-state index in [2.05, 4.69) is 0 Å². The van der Waals surface area contributed by atoms with Crippen molar-refractivity contribution in [2.24, 2.45) is 0 Å². The number of fused-ring (bicyclic) bond motifs is 2. The van der Waals surface area contributed by atoms with Gasteiger partial charge in [-0.2, -0.15) is 0 Å². The number of benzene rings is 2. The molecule has 0 saturated carbocycles. The van der Waals surface area contributed by atoms with Crippen LogP contribution in [0.15, 0.2) is 36.4 Å². The van der Waals surface area contributed by atoms with E-state index < -0.39 is 11.9 Å². The quantitative estimate of drug-likeness (QED) is 0.696. The van der Waals surface area contributed by atoms with Crippen LogP contribution in [0.25, 0.3) is 0 Å². The zero-order valence-corrected chi connectivity index (χ0v) is 16.9. The average molecular weight is 406 g/mol. The fourth-order valence-electron chi connectivity index (χ4n) is 4.70. The van der Waals surface area contributed by atoms with Gasteiger partial charge in [0, 0.05) is 35.8 Å². The average Bonchev–Trinajstić information content (AvgIpc) is 3.25. The number of rotatable bonds is 5. The summed E-state index contributed by atoms with van der Waals surface area (Å²) in [6.45, 7) is 3.89. The zero-order chi connectivity index (χ0) is 21.4. The molecule has 0 aromatic heterocycles. The minimum atomic E-state index is -0.489. The molecule has 2 aliphatic carbocycles. The van der Waals surface area contributed by atoms with E-state index in [1.165, 1.54) is 0 Å². The van der Waals surface area contributed by atoms with Gasteiger partial charge < -0.3 is 9.47 Å². The van der Waals surface area contributed by atoms with Gasteiger partial charge in [0.1, 0.15) is 0 Å². The molecule has 0 saturated heterocycles. The summed E-state index contributed by atoms with van der Waals surface area (Å²) < 4.78 is 10.4. The maximum atomic E-state index is 12.8. The maximum Gasteiger partial charge on any atom is 0.338 e. The molecule has 6 heteroatoms. The lowest BCUT2D eigenvalue weighted by atomic mass is 9.80. The highest BCUT2D eigenvalue weighted by molar-refractivity contribution is 6.08. The molecule has 0 N–H and O–H groups in total. The second kappa shape index (κ2) is 7.86. The van der Waals surface area contributed by atoms with Crippen molar-refractivity contribution in [2.45, 2.75) is 38.5 Å². The van der Waals surface area contributed by atoms with Crippen LogP contribution in [0.2, 0.25) is 0 Å². The summed E-state index contributed by atoms with van der Waals surface area (Å²) in [6, 6.07) is 10.0. The number of ether oxygens (including phenoxy) is 2. The van der Waals surface area contributed by atoms with E-state index in [-0.39, 0.29) is 49.5 Å². The highest BCUT2D eigenvalue weighted by Gasteiger charge is 2.44. The SMILES string of the molecule is CCOC(=O)c1cccc2c1[C@H]([C@@H]1CC(=O)c3cccc(C(=O)OCC)c31)CC2=O. The molecule has 0 aliphatic heterocycles. The van der Waals surface area contributed by atoms with E-state index in [1.54, 1.807) is 50.2 Å². The number of hydrogen-bond acceptors (Lipinski definition) is 6. The van der Waals surface area contributed by atoms with Gasteiger partial charge in [0.05, 0.1) is 24.3 Å². The molecule has 0 fully saturated rings. The van der Waals surface area contributed by atoms with Crippen LogP contribution in [-0.4, -0.2) is 36.7 Å². The van der Waals surface area contributed by atoms with Crippen LogP contribution in [0, 0.1) is 0 Å². The molecular weight excluding hydrogens is 384 g/mol. The summed E-state index contributed by atoms with van der Waals surface area (Å²) in [5, 5.41) is 0. The largest absolute Gasteiger partial charge is 0.462 e. The van der Waals surface area contributed by atoms with Crippen LogP contribution in [0.4, 0.5) is 0 Å². The van der Waals surface area contributed by atoms with E-state index in [0.717, 1.165) is 0 Å². The first-order valence-corrected chi connectivity index (χ1v) is 10.1. The van der Waals surface area contributed by atoms with Gasteiger partial charge in [0.25, 0.3) is 0 Å². The first-order chi connectivity index (χ1) is 14.5. The van der Waals surface area contributed by atoms with E-state index in [9.17, 15) is 19.2 Å². The Labute approximate surface area is 174 Å². The van der Waals surface area contributed by atoms with Gasteiger partial charge >= 0.3 is 11.9 Å². The van der Waals surface area contributed by atoms with Crippen LogP contribution in [-0.2, 0) is 9.47 Å². The summed E-state index contributed by atoms with van der Waals surface area (Å²) in [7, 11) is 0. The molecule has 4 rings (SSSR count). The van der Waals surface area contributed by atoms with Gasteiger partial charge in [-0.1, -0.05) is 24.3 Å². The van der Waals surface area contributed by atoms with Crippen LogP contribution in [0.1, 0.15) is 91.1 Å². The topological polar surface area (TPSA) is 86.7 Å². The Balaban J connectivity index is 1.85. The fourth-order valence-corrected chi connectivity index (χ4v) is 4.70. The van der Waals surface area contributed by atoms with Crippen LogP contribution in [0.3, 0.4) is 0 Å². The molecular formula is C24H22O6. The smallest absolute Gasteiger partial charge is 0.338 e. The zero-order valence-electron chi connectivity index (χ0n) is 16.9. The Hall–Kier alpha value is -3.28. The summed E-state index contributed by atoms with van der Waals surface area (Å²) >= 11 is 0. The van der Waals surface area contributed by atoms with Crippen molar-refractivity contribution in [3.05, 3.63) is 69.8 Å². The molecule has 0 radical (unpaired) electrons. The number of ketones is 2. The van der Waals surface area contributed by atoms with Gasteiger partial charge in [0.2, 0.25) is 0 Å². The van der Waals surface area contributed by atoms with E-state index in [0.29, 0.717) is 33.4 Å². The number of hydrogen-bond donors (Lipinski definition) is 0. The molecule has 2 aromatic carbocycles. The predicted octanol–water partition coefficient (Wildman–Crippen LogP) is 4.08. The first-order valence-electron chi connectivity index (χ1n) is 10.1. The fraction of sp³-hybridized carbons (Fsp3) is 0.333. The maximum absolute atomic E-state index is 12.8.